The number of carboxylic acid groups (broad SMARTS) is 1. The topological polar surface area (TPSA) is 98.3 Å². The van der Waals surface area contributed by atoms with Gasteiger partial charge in [0.25, 0.3) is 0 Å². The van der Waals surface area contributed by atoms with Gasteiger partial charge in [0.05, 0.1) is 18.6 Å². The summed E-state index contributed by atoms with van der Waals surface area (Å²) in [7, 11) is 0. The Bertz CT molecular complexity index is 613. The zero-order valence-corrected chi connectivity index (χ0v) is 11.7. The van der Waals surface area contributed by atoms with Crippen molar-refractivity contribution in [1.82, 2.24) is 15.3 Å². The van der Waals surface area contributed by atoms with Crippen LogP contribution in [0.3, 0.4) is 0 Å². The summed E-state index contributed by atoms with van der Waals surface area (Å²) in [5.41, 5.74) is 1.17. The molecule has 3 N–H and O–H groups in total. The van der Waals surface area contributed by atoms with Crippen molar-refractivity contribution in [3.05, 3.63) is 47.5 Å². The van der Waals surface area contributed by atoms with Crippen LogP contribution in [0.15, 0.2) is 36.8 Å². The summed E-state index contributed by atoms with van der Waals surface area (Å²) < 4.78 is 0. The molecule has 0 aliphatic heterocycles. The molecule has 8 heteroatoms. The number of hydrogen-bond donors (Lipinski definition) is 3. The van der Waals surface area contributed by atoms with E-state index in [9.17, 15) is 9.59 Å². The van der Waals surface area contributed by atoms with Crippen molar-refractivity contribution in [3.8, 4) is 0 Å². The summed E-state index contributed by atoms with van der Waals surface area (Å²) in [6.45, 7) is -0.223. The highest BCUT2D eigenvalue weighted by Crippen LogP contribution is 2.18. The van der Waals surface area contributed by atoms with Gasteiger partial charge in [-0.15, -0.1) is 0 Å². The Kier molecular flexibility index (Phi) is 4.78. The number of anilines is 1. The molecule has 7 nitrogen and oxygen atoms in total. The number of urea groups is 1. The molecule has 0 aliphatic carbocycles. The number of carbonyl (C=O) groups is 2. The number of amides is 2. The molecule has 2 rings (SSSR count). The number of aromatic nitrogens is 2. The van der Waals surface area contributed by atoms with Gasteiger partial charge < -0.3 is 15.4 Å². The van der Waals surface area contributed by atoms with Gasteiger partial charge in [-0.3, -0.25) is 9.69 Å². The summed E-state index contributed by atoms with van der Waals surface area (Å²) in [6.07, 6.45) is 3.07. The largest absolute Gasteiger partial charge is 0.480 e. The van der Waals surface area contributed by atoms with Crippen LogP contribution >= 0.6 is 11.6 Å². The lowest BCUT2D eigenvalue weighted by molar-refractivity contribution is -0.135. The molecule has 1 heterocycles. The maximum atomic E-state index is 12.1. The monoisotopic (exact) mass is 308 g/mol. The summed E-state index contributed by atoms with van der Waals surface area (Å²) in [6, 6.07) is 5.83. The van der Waals surface area contributed by atoms with E-state index >= 15 is 0 Å². The van der Waals surface area contributed by atoms with Crippen molar-refractivity contribution < 1.29 is 14.7 Å². The average Bonchev–Trinajstić information content (AvgIpc) is 2.96. The van der Waals surface area contributed by atoms with Gasteiger partial charge in [0.15, 0.2) is 0 Å². The highest BCUT2D eigenvalue weighted by atomic mass is 35.5. The minimum Gasteiger partial charge on any atom is -0.480 e. The fraction of sp³-hybridized carbons (Fsp3) is 0.154. The second-order valence-corrected chi connectivity index (χ2v) is 4.63. The van der Waals surface area contributed by atoms with E-state index in [4.69, 9.17) is 16.7 Å². The zero-order valence-electron chi connectivity index (χ0n) is 10.9. The third kappa shape index (κ3) is 4.22. The first kappa shape index (κ1) is 14.9. The molecule has 21 heavy (non-hydrogen) atoms. The second kappa shape index (κ2) is 6.76. The molecule has 0 atom stereocenters. The minimum absolute atomic E-state index is 0.225. The predicted octanol–water partition coefficient (Wildman–Crippen LogP) is 1.86. The molecule has 2 amide bonds. The number of aromatic amines is 1. The smallest absolute Gasteiger partial charge is 0.323 e. The molecule has 0 fully saturated rings. The molecule has 1 aromatic heterocycles. The molecular formula is C13H13ClN4O3. The molecule has 1 aromatic carbocycles. The van der Waals surface area contributed by atoms with Gasteiger partial charge in [0.2, 0.25) is 0 Å². The van der Waals surface area contributed by atoms with Crippen LogP contribution in [0.5, 0.6) is 0 Å². The van der Waals surface area contributed by atoms with Gasteiger partial charge in [-0.25, -0.2) is 9.78 Å². The number of carbonyl (C=O) groups excluding carboxylic acids is 1. The van der Waals surface area contributed by atoms with Crippen LogP contribution in [0.25, 0.3) is 0 Å². The number of carboxylic acids is 1. The number of imidazole rings is 1. The van der Waals surface area contributed by atoms with Crippen LogP contribution in [-0.2, 0) is 11.3 Å². The van der Waals surface area contributed by atoms with Gasteiger partial charge in [-0.1, -0.05) is 11.6 Å². The standard InChI is InChI=1S/C13H13ClN4O3/c14-9-1-3-11(4-2-9)18(7-12(19)20)13(21)16-6-10-5-15-8-17-10/h1-5,8H,6-7H2,(H,15,17)(H,16,21)(H,19,20). The van der Waals surface area contributed by atoms with E-state index in [1.165, 1.54) is 6.33 Å². The van der Waals surface area contributed by atoms with Gasteiger partial charge in [-0.2, -0.15) is 0 Å². The average molecular weight is 309 g/mol. The highest BCUT2D eigenvalue weighted by molar-refractivity contribution is 6.30. The fourth-order valence-corrected chi connectivity index (χ4v) is 1.81. The van der Waals surface area contributed by atoms with Crippen LogP contribution < -0.4 is 10.2 Å². The predicted molar refractivity (Wildman–Crippen MR) is 77.3 cm³/mol. The Labute approximate surface area is 125 Å². The Balaban J connectivity index is 2.09. The van der Waals surface area contributed by atoms with E-state index < -0.39 is 18.5 Å². The van der Waals surface area contributed by atoms with Crippen LogP contribution in [0.1, 0.15) is 5.69 Å². The van der Waals surface area contributed by atoms with Crippen molar-refractivity contribution in [3.63, 3.8) is 0 Å². The lowest BCUT2D eigenvalue weighted by atomic mass is 10.3. The van der Waals surface area contributed by atoms with E-state index in [0.717, 1.165) is 10.6 Å². The van der Waals surface area contributed by atoms with E-state index in [1.54, 1.807) is 30.5 Å². The van der Waals surface area contributed by atoms with Crippen LogP contribution in [0.2, 0.25) is 5.02 Å². The van der Waals surface area contributed by atoms with Crippen molar-refractivity contribution in [2.75, 3.05) is 11.4 Å². The van der Waals surface area contributed by atoms with E-state index in [-0.39, 0.29) is 6.54 Å². The number of halogens is 1. The molecule has 0 aliphatic rings. The minimum atomic E-state index is -1.11. The molecular weight excluding hydrogens is 296 g/mol. The van der Waals surface area contributed by atoms with Crippen molar-refractivity contribution in [1.29, 1.82) is 0 Å². The normalized spacial score (nSPS) is 10.1. The Morgan fingerprint density at radius 1 is 1.33 bits per heavy atom. The molecule has 110 valence electrons. The van der Waals surface area contributed by atoms with E-state index in [0.29, 0.717) is 10.7 Å². The lowest BCUT2D eigenvalue weighted by Crippen LogP contribution is -2.42. The van der Waals surface area contributed by atoms with E-state index in [2.05, 4.69) is 15.3 Å². The Hall–Kier alpha value is -2.54. The number of rotatable bonds is 5. The number of hydrogen-bond acceptors (Lipinski definition) is 3. The number of H-pyrrole nitrogens is 1. The van der Waals surface area contributed by atoms with Crippen LogP contribution in [0.4, 0.5) is 10.5 Å². The van der Waals surface area contributed by atoms with Gasteiger partial charge in [0, 0.05) is 16.9 Å². The van der Waals surface area contributed by atoms with Crippen molar-refractivity contribution >= 4 is 29.3 Å². The molecule has 2 aromatic rings. The van der Waals surface area contributed by atoms with Crippen molar-refractivity contribution in [2.45, 2.75) is 6.54 Å². The molecule has 0 unspecified atom stereocenters. The number of nitrogens with one attached hydrogen (secondary N) is 2. The van der Waals surface area contributed by atoms with Crippen LogP contribution in [0, 0.1) is 0 Å². The SMILES string of the molecule is O=C(O)CN(C(=O)NCc1cnc[nH]1)c1ccc(Cl)cc1. The lowest BCUT2D eigenvalue weighted by Gasteiger charge is -2.21. The maximum Gasteiger partial charge on any atom is 0.323 e. The number of nitrogens with zero attached hydrogens (tertiary/aromatic N) is 2. The first-order chi connectivity index (χ1) is 10.1. The van der Waals surface area contributed by atoms with Crippen molar-refractivity contribution in [2.24, 2.45) is 0 Å². The highest BCUT2D eigenvalue weighted by Gasteiger charge is 2.18. The van der Waals surface area contributed by atoms with Gasteiger partial charge in [-0.05, 0) is 24.3 Å². The summed E-state index contributed by atoms with van der Waals surface area (Å²) in [4.78, 5) is 30.9. The molecule has 0 radical (unpaired) electrons. The summed E-state index contributed by atoms with van der Waals surface area (Å²) >= 11 is 5.78. The molecule has 0 spiro atoms. The summed E-state index contributed by atoms with van der Waals surface area (Å²) in [5.74, 6) is -1.11. The number of benzene rings is 1. The summed E-state index contributed by atoms with van der Waals surface area (Å²) in [5, 5.41) is 12.1. The van der Waals surface area contributed by atoms with E-state index in [1.807, 2.05) is 0 Å². The van der Waals surface area contributed by atoms with Gasteiger partial charge >= 0.3 is 12.0 Å². The molecule has 0 bridgehead atoms. The first-order valence-corrected chi connectivity index (χ1v) is 6.44. The van der Waals surface area contributed by atoms with Crippen LogP contribution in [-0.4, -0.2) is 33.6 Å². The zero-order chi connectivity index (χ0) is 15.2. The third-order valence-electron chi connectivity index (χ3n) is 2.66. The fourth-order valence-electron chi connectivity index (χ4n) is 1.68. The number of aliphatic carboxylic acids is 1. The quantitative estimate of drug-likeness (QED) is 0.785. The maximum absolute atomic E-state index is 12.1. The first-order valence-electron chi connectivity index (χ1n) is 6.06. The third-order valence-corrected chi connectivity index (χ3v) is 2.91. The molecule has 0 saturated carbocycles. The van der Waals surface area contributed by atoms with Gasteiger partial charge in [0.1, 0.15) is 6.54 Å². The second-order valence-electron chi connectivity index (χ2n) is 4.19. The Morgan fingerprint density at radius 2 is 2.05 bits per heavy atom. The molecule has 0 saturated heterocycles. The Morgan fingerprint density at radius 3 is 2.62 bits per heavy atom.